The molecule has 0 aliphatic carbocycles. The lowest BCUT2D eigenvalue weighted by atomic mass is 10.1. The van der Waals surface area contributed by atoms with Crippen LogP contribution in [0.2, 0.25) is 0 Å². The molecular weight excluding hydrogens is 374 g/mol. The van der Waals surface area contributed by atoms with Gasteiger partial charge in [-0.05, 0) is 38.1 Å². The SMILES string of the molecule is C[C@H](C(=O)O[C@H](C)C(=O)Nc1ccccc1C#N)N1C(=O)c2ccccc2C1=O. The number of fused-ring (bicyclic) bond motifs is 1. The fourth-order valence-corrected chi connectivity index (χ4v) is 2.92. The van der Waals surface area contributed by atoms with Gasteiger partial charge in [0.05, 0.1) is 22.4 Å². The number of imide groups is 1. The zero-order chi connectivity index (χ0) is 21.1. The van der Waals surface area contributed by atoms with Crippen LogP contribution in [0, 0.1) is 11.3 Å². The lowest BCUT2D eigenvalue weighted by Gasteiger charge is -2.22. The first-order valence-electron chi connectivity index (χ1n) is 8.82. The average molecular weight is 391 g/mol. The standard InChI is InChI=1S/C21H17N3O5/c1-12(24-19(26)15-8-4-5-9-16(15)20(24)27)21(28)29-13(2)18(25)23-17-10-6-3-7-14(17)11-22/h3-10,12-13H,1-2H3,(H,23,25)/t12-,13-/m1/s1. The molecule has 1 aliphatic heterocycles. The average Bonchev–Trinajstić information content (AvgIpc) is 2.98. The van der Waals surface area contributed by atoms with Crippen molar-refractivity contribution in [2.45, 2.75) is 26.0 Å². The number of hydrogen-bond acceptors (Lipinski definition) is 6. The number of esters is 1. The minimum atomic E-state index is -1.20. The summed E-state index contributed by atoms with van der Waals surface area (Å²) in [6, 6.07) is 13.4. The van der Waals surface area contributed by atoms with E-state index < -0.39 is 35.8 Å². The molecule has 0 fully saturated rings. The van der Waals surface area contributed by atoms with Crippen LogP contribution >= 0.6 is 0 Å². The maximum absolute atomic E-state index is 12.5. The van der Waals surface area contributed by atoms with Gasteiger partial charge in [0.2, 0.25) is 0 Å². The van der Waals surface area contributed by atoms with E-state index in [1.54, 1.807) is 30.3 Å². The monoisotopic (exact) mass is 391 g/mol. The quantitative estimate of drug-likeness (QED) is 0.616. The van der Waals surface area contributed by atoms with Gasteiger partial charge in [-0.25, -0.2) is 4.79 Å². The van der Waals surface area contributed by atoms with Gasteiger partial charge in [-0.3, -0.25) is 19.3 Å². The summed E-state index contributed by atoms with van der Waals surface area (Å²) in [4.78, 5) is 50.5. The van der Waals surface area contributed by atoms with Gasteiger partial charge in [0.1, 0.15) is 12.1 Å². The number of nitrogens with zero attached hydrogens (tertiary/aromatic N) is 2. The number of rotatable bonds is 5. The van der Waals surface area contributed by atoms with E-state index in [2.05, 4.69) is 5.32 Å². The molecule has 146 valence electrons. The lowest BCUT2D eigenvalue weighted by molar-refractivity contribution is -0.156. The van der Waals surface area contributed by atoms with Gasteiger partial charge in [-0.1, -0.05) is 24.3 Å². The number of amides is 3. The number of anilines is 1. The van der Waals surface area contributed by atoms with Crippen molar-refractivity contribution in [3.63, 3.8) is 0 Å². The minimum absolute atomic E-state index is 0.219. The highest BCUT2D eigenvalue weighted by molar-refractivity contribution is 6.22. The Balaban J connectivity index is 1.67. The summed E-state index contributed by atoms with van der Waals surface area (Å²) in [7, 11) is 0. The molecule has 1 aliphatic rings. The molecular formula is C21H17N3O5. The fraction of sp³-hybridized carbons (Fsp3) is 0.190. The molecule has 0 spiro atoms. The molecule has 0 bridgehead atoms. The number of para-hydroxylation sites is 1. The molecule has 2 aromatic rings. The van der Waals surface area contributed by atoms with Crippen molar-refractivity contribution in [2.24, 2.45) is 0 Å². The van der Waals surface area contributed by atoms with E-state index in [-0.39, 0.29) is 22.4 Å². The van der Waals surface area contributed by atoms with Crippen molar-refractivity contribution >= 4 is 29.4 Å². The zero-order valence-electron chi connectivity index (χ0n) is 15.7. The summed E-state index contributed by atoms with van der Waals surface area (Å²) in [5, 5.41) is 11.6. The first-order valence-corrected chi connectivity index (χ1v) is 8.82. The largest absolute Gasteiger partial charge is 0.451 e. The van der Waals surface area contributed by atoms with Gasteiger partial charge in [0.25, 0.3) is 17.7 Å². The van der Waals surface area contributed by atoms with E-state index in [9.17, 15) is 19.2 Å². The molecule has 3 amide bonds. The Morgan fingerprint density at radius 3 is 2.14 bits per heavy atom. The predicted molar refractivity (Wildman–Crippen MR) is 102 cm³/mol. The third kappa shape index (κ3) is 3.71. The van der Waals surface area contributed by atoms with E-state index in [0.29, 0.717) is 0 Å². The predicted octanol–water partition coefficient (Wildman–Crippen LogP) is 2.11. The van der Waals surface area contributed by atoms with Crippen LogP contribution in [0.15, 0.2) is 48.5 Å². The van der Waals surface area contributed by atoms with Crippen molar-refractivity contribution in [3.05, 3.63) is 65.2 Å². The fourth-order valence-electron chi connectivity index (χ4n) is 2.92. The first-order chi connectivity index (χ1) is 13.8. The Morgan fingerprint density at radius 2 is 1.55 bits per heavy atom. The molecule has 2 atom stereocenters. The van der Waals surface area contributed by atoms with Crippen LogP contribution in [-0.2, 0) is 14.3 Å². The van der Waals surface area contributed by atoms with Crippen molar-refractivity contribution < 1.29 is 23.9 Å². The van der Waals surface area contributed by atoms with E-state index in [1.807, 2.05) is 6.07 Å². The highest BCUT2D eigenvalue weighted by Crippen LogP contribution is 2.25. The van der Waals surface area contributed by atoms with Gasteiger partial charge < -0.3 is 10.1 Å². The Kier molecular flexibility index (Phi) is 5.41. The molecule has 8 heteroatoms. The molecule has 0 radical (unpaired) electrons. The highest BCUT2D eigenvalue weighted by Gasteiger charge is 2.41. The Labute approximate surface area is 166 Å². The molecule has 0 saturated heterocycles. The number of carbonyl (C=O) groups is 4. The highest BCUT2D eigenvalue weighted by atomic mass is 16.5. The van der Waals surface area contributed by atoms with Crippen LogP contribution in [0.1, 0.15) is 40.1 Å². The third-order valence-electron chi connectivity index (χ3n) is 4.52. The number of carbonyl (C=O) groups excluding carboxylic acids is 4. The van der Waals surface area contributed by atoms with Gasteiger partial charge >= 0.3 is 5.97 Å². The number of nitrogens with one attached hydrogen (secondary N) is 1. The van der Waals surface area contributed by atoms with E-state index in [0.717, 1.165) is 4.90 Å². The summed E-state index contributed by atoms with van der Waals surface area (Å²) >= 11 is 0. The van der Waals surface area contributed by atoms with Gasteiger partial charge in [-0.15, -0.1) is 0 Å². The van der Waals surface area contributed by atoms with Crippen molar-refractivity contribution in [1.29, 1.82) is 5.26 Å². The topological polar surface area (TPSA) is 117 Å². The normalized spacial score (nSPS) is 14.6. The van der Waals surface area contributed by atoms with E-state index >= 15 is 0 Å². The summed E-state index contributed by atoms with van der Waals surface area (Å²) < 4.78 is 5.15. The molecule has 1 N–H and O–H groups in total. The smallest absolute Gasteiger partial charge is 0.329 e. The second kappa shape index (κ2) is 7.94. The van der Waals surface area contributed by atoms with Gasteiger partial charge in [0, 0.05) is 0 Å². The van der Waals surface area contributed by atoms with Crippen LogP contribution in [-0.4, -0.2) is 40.7 Å². The molecule has 1 heterocycles. The second-order valence-corrected chi connectivity index (χ2v) is 6.43. The van der Waals surface area contributed by atoms with Gasteiger partial charge in [0.15, 0.2) is 6.10 Å². The molecule has 3 rings (SSSR count). The lowest BCUT2D eigenvalue weighted by Crippen LogP contribution is -2.45. The van der Waals surface area contributed by atoms with Crippen molar-refractivity contribution in [1.82, 2.24) is 4.90 Å². The summed E-state index contributed by atoms with van der Waals surface area (Å²) in [6.45, 7) is 2.72. The van der Waals surface area contributed by atoms with E-state index in [4.69, 9.17) is 10.00 Å². The van der Waals surface area contributed by atoms with Crippen molar-refractivity contribution in [2.75, 3.05) is 5.32 Å². The maximum Gasteiger partial charge on any atom is 0.329 e. The number of hydrogen-bond donors (Lipinski definition) is 1. The Hall–Kier alpha value is -3.99. The molecule has 0 saturated carbocycles. The molecule has 29 heavy (non-hydrogen) atoms. The maximum atomic E-state index is 12.5. The molecule has 8 nitrogen and oxygen atoms in total. The van der Waals surface area contributed by atoms with Crippen LogP contribution in [0.25, 0.3) is 0 Å². The van der Waals surface area contributed by atoms with Crippen molar-refractivity contribution in [3.8, 4) is 6.07 Å². The molecule has 2 aromatic carbocycles. The Morgan fingerprint density at radius 1 is 1.00 bits per heavy atom. The first kappa shape index (κ1) is 19.8. The Bertz CT molecular complexity index is 1020. The zero-order valence-corrected chi connectivity index (χ0v) is 15.7. The number of ether oxygens (including phenoxy) is 1. The van der Waals surface area contributed by atoms with Crippen LogP contribution in [0.5, 0.6) is 0 Å². The minimum Gasteiger partial charge on any atom is -0.451 e. The number of nitriles is 1. The molecule has 0 unspecified atom stereocenters. The summed E-state index contributed by atoms with van der Waals surface area (Å²) in [6.07, 6.45) is -1.20. The molecule has 0 aromatic heterocycles. The summed E-state index contributed by atoms with van der Waals surface area (Å²) in [5.74, 6) is -2.71. The van der Waals surface area contributed by atoms with Gasteiger partial charge in [-0.2, -0.15) is 5.26 Å². The third-order valence-corrected chi connectivity index (χ3v) is 4.52. The second-order valence-electron chi connectivity index (χ2n) is 6.43. The summed E-state index contributed by atoms with van der Waals surface area (Å²) in [5.41, 5.74) is 0.988. The van der Waals surface area contributed by atoms with E-state index in [1.165, 1.54) is 32.0 Å². The number of benzene rings is 2. The van der Waals surface area contributed by atoms with Crippen LogP contribution in [0.4, 0.5) is 5.69 Å². The van der Waals surface area contributed by atoms with Crippen LogP contribution < -0.4 is 5.32 Å². The van der Waals surface area contributed by atoms with Crippen LogP contribution in [0.3, 0.4) is 0 Å².